The first-order valence-corrected chi connectivity index (χ1v) is 4.26. The smallest absolute Gasteiger partial charge is 0.224 e. The average Bonchev–Trinajstić information content (AvgIpc) is 2.51. The number of hydrogen-bond acceptors (Lipinski definition) is 4. The van der Waals surface area contributed by atoms with Gasteiger partial charge in [0.1, 0.15) is 12.4 Å². The van der Waals surface area contributed by atoms with Gasteiger partial charge in [-0.3, -0.25) is 0 Å². The summed E-state index contributed by atoms with van der Waals surface area (Å²) in [4.78, 5) is 3.85. The van der Waals surface area contributed by atoms with Crippen LogP contribution in [0.15, 0.2) is 16.9 Å². The number of aliphatic hydroxyl groups is 1. The topological polar surface area (TPSA) is 72.3 Å². The minimum absolute atomic E-state index is 0.173. The number of rotatable bonds is 2. The zero-order valence-corrected chi connectivity index (χ0v) is 8.19. The highest BCUT2D eigenvalue weighted by molar-refractivity contribution is 4.95. The summed E-state index contributed by atoms with van der Waals surface area (Å²) in [7, 11) is 0. The quantitative estimate of drug-likeness (QED) is 0.721. The van der Waals surface area contributed by atoms with Crippen LogP contribution in [0.5, 0.6) is 0 Å². The lowest BCUT2D eigenvalue weighted by molar-refractivity contribution is 0.0692. The summed E-state index contributed by atoms with van der Waals surface area (Å²) in [5.41, 5.74) is 5.66. The second-order valence-corrected chi connectivity index (χ2v) is 4.21. The summed E-state index contributed by atoms with van der Waals surface area (Å²) >= 11 is 0. The van der Waals surface area contributed by atoms with Crippen LogP contribution in [0, 0.1) is 5.41 Å². The highest BCUT2D eigenvalue weighted by atomic mass is 16.4. The lowest BCUT2D eigenvalue weighted by Crippen LogP contribution is -2.40. The van der Waals surface area contributed by atoms with Gasteiger partial charge in [-0.25, -0.2) is 4.98 Å². The molecule has 1 unspecified atom stereocenters. The van der Waals surface area contributed by atoms with Crippen LogP contribution in [-0.4, -0.2) is 16.1 Å². The average molecular weight is 184 g/mol. The third kappa shape index (κ3) is 2.29. The van der Waals surface area contributed by atoms with Crippen LogP contribution in [0.3, 0.4) is 0 Å². The van der Waals surface area contributed by atoms with Crippen LogP contribution in [0.4, 0.5) is 0 Å². The largest absolute Gasteiger partial charge is 0.446 e. The maximum absolute atomic E-state index is 9.73. The van der Waals surface area contributed by atoms with Crippen molar-refractivity contribution < 1.29 is 9.52 Å². The fourth-order valence-corrected chi connectivity index (χ4v) is 1.01. The highest BCUT2D eigenvalue weighted by Crippen LogP contribution is 2.27. The van der Waals surface area contributed by atoms with Crippen LogP contribution in [0.2, 0.25) is 0 Å². The van der Waals surface area contributed by atoms with Crippen molar-refractivity contribution in [3.63, 3.8) is 0 Å². The van der Waals surface area contributed by atoms with Crippen LogP contribution in [0.1, 0.15) is 32.8 Å². The third-order valence-electron chi connectivity index (χ3n) is 2.04. The van der Waals surface area contributed by atoms with Crippen LogP contribution >= 0.6 is 0 Å². The summed E-state index contributed by atoms with van der Waals surface area (Å²) in [6.07, 6.45) is 2.08. The Morgan fingerprint density at radius 2 is 2.15 bits per heavy atom. The van der Waals surface area contributed by atoms with Gasteiger partial charge < -0.3 is 15.3 Å². The first kappa shape index (κ1) is 10.2. The van der Waals surface area contributed by atoms with Gasteiger partial charge in [0, 0.05) is 6.04 Å². The molecule has 1 rings (SSSR count). The van der Waals surface area contributed by atoms with E-state index in [1.165, 1.54) is 12.5 Å². The van der Waals surface area contributed by atoms with Gasteiger partial charge in [0.15, 0.2) is 0 Å². The summed E-state index contributed by atoms with van der Waals surface area (Å²) < 4.78 is 4.97. The van der Waals surface area contributed by atoms with Crippen molar-refractivity contribution in [3.8, 4) is 0 Å². The van der Waals surface area contributed by atoms with E-state index in [4.69, 9.17) is 10.2 Å². The molecule has 1 heterocycles. The second kappa shape index (κ2) is 3.47. The van der Waals surface area contributed by atoms with Crippen LogP contribution in [0.25, 0.3) is 0 Å². The molecule has 0 aliphatic carbocycles. The number of hydrogen-bond donors (Lipinski definition) is 2. The molecule has 0 aliphatic rings. The molecule has 0 aliphatic heterocycles. The van der Waals surface area contributed by atoms with Gasteiger partial charge in [0.2, 0.25) is 5.89 Å². The molecule has 4 nitrogen and oxygen atoms in total. The van der Waals surface area contributed by atoms with Gasteiger partial charge in [-0.2, -0.15) is 0 Å². The molecule has 0 saturated carbocycles. The Kier molecular flexibility index (Phi) is 2.73. The van der Waals surface area contributed by atoms with E-state index >= 15 is 0 Å². The monoisotopic (exact) mass is 184 g/mol. The van der Waals surface area contributed by atoms with E-state index in [9.17, 15) is 5.11 Å². The molecular weight excluding hydrogens is 168 g/mol. The zero-order valence-electron chi connectivity index (χ0n) is 8.19. The Bertz CT molecular complexity index is 251. The number of aromatic nitrogens is 1. The predicted molar refractivity (Wildman–Crippen MR) is 48.9 cm³/mol. The molecule has 2 atom stereocenters. The molecule has 0 bridgehead atoms. The predicted octanol–water partition coefficient (Wildman–Crippen LogP) is 1.08. The van der Waals surface area contributed by atoms with Crippen molar-refractivity contribution in [2.45, 2.75) is 32.9 Å². The minimum Gasteiger partial charge on any atom is -0.446 e. The van der Waals surface area contributed by atoms with Crippen LogP contribution < -0.4 is 5.73 Å². The van der Waals surface area contributed by atoms with Crippen molar-refractivity contribution in [1.82, 2.24) is 4.98 Å². The molecule has 1 aromatic heterocycles. The normalized spacial score (nSPS) is 17.0. The van der Waals surface area contributed by atoms with E-state index in [1.807, 2.05) is 20.8 Å². The molecular formula is C9H16N2O2. The third-order valence-corrected chi connectivity index (χ3v) is 2.04. The Morgan fingerprint density at radius 3 is 2.54 bits per heavy atom. The van der Waals surface area contributed by atoms with E-state index in [-0.39, 0.29) is 17.3 Å². The maximum Gasteiger partial charge on any atom is 0.224 e. The maximum atomic E-state index is 9.73. The number of oxazole rings is 1. The minimum atomic E-state index is -0.838. The highest BCUT2D eigenvalue weighted by Gasteiger charge is 2.30. The summed E-state index contributed by atoms with van der Waals surface area (Å²) in [5.74, 6) is 0.280. The Hall–Kier alpha value is -0.870. The summed E-state index contributed by atoms with van der Waals surface area (Å²) in [6, 6.07) is -0.383. The van der Waals surface area contributed by atoms with E-state index in [0.717, 1.165) is 0 Å². The fraction of sp³-hybridized carbons (Fsp3) is 0.667. The van der Waals surface area contributed by atoms with Crippen molar-refractivity contribution in [3.05, 3.63) is 18.4 Å². The molecule has 0 radical (unpaired) electrons. The van der Waals surface area contributed by atoms with Gasteiger partial charge in [-0.15, -0.1) is 0 Å². The number of nitrogens with zero attached hydrogens (tertiary/aromatic N) is 1. The molecule has 4 heteroatoms. The molecule has 3 N–H and O–H groups in total. The first-order chi connectivity index (χ1) is 5.93. The van der Waals surface area contributed by atoms with Gasteiger partial charge >= 0.3 is 0 Å². The molecule has 0 aromatic carbocycles. The Labute approximate surface area is 77.8 Å². The summed E-state index contributed by atoms with van der Waals surface area (Å²) in [6.45, 7) is 5.89. The standard InChI is InChI=1S/C9H16N2O2/c1-9(2,3)7(10)6(12)8-11-4-5-13-8/h4-7,12H,10H2,1-3H3/t6?,7-/m1/s1. The van der Waals surface area contributed by atoms with Crippen LogP contribution in [-0.2, 0) is 0 Å². The van der Waals surface area contributed by atoms with Gasteiger partial charge in [-0.05, 0) is 5.41 Å². The molecule has 0 amide bonds. The molecule has 13 heavy (non-hydrogen) atoms. The van der Waals surface area contributed by atoms with E-state index in [0.29, 0.717) is 0 Å². The van der Waals surface area contributed by atoms with Crippen molar-refractivity contribution in [1.29, 1.82) is 0 Å². The zero-order chi connectivity index (χ0) is 10.1. The number of aliphatic hydroxyl groups excluding tert-OH is 1. The first-order valence-electron chi connectivity index (χ1n) is 4.26. The second-order valence-electron chi connectivity index (χ2n) is 4.21. The van der Waals surface area contributed by atoms with E-state index in [2.05, 4.69) is 4.98 Å². The Morgan fingerprint density at radius 1 is 1.54 bits per heavy atom. The lowest BCUT2D eigenvalue weighted by Gasteiger charge is -2.29. The number of nitrogens with two attached hydrogens (primary N) is 1. The fourth-order valence-electron chi connectivity index (χ4n) is 1.01. The van der Waals surface area contributed by atoms with E-state index in [1.54, 1.807) is 0 Å². The molecule has 0 saturated heterocycles. The SMILES string of the molecule is CC(C)(C)[C@H](N)C(O)c1ncco1. The molecule has 0 fully saturated rings. The van der Waals surface area contributed by atoms with Crippen molar-refractivity contribution in [2.24, 2.45) is 11.1 Å². The van der Waals surface area contributed by atoms with Gasteiger partial charge in [-0.1, -0.05) is 20.8 Å². The molecule has 1 aromatic rings. The van der Waals surface area contributed by atoms with Crippen molar-refractivity contribution >= 4 is 0 Å². The van der Waals surface area contributed by atoms with Crippen molar-refractivity contribution in [2.75, 3.05) is 0 Å². The summed E-state index contributed by atoms with van der Waals surface area (Å²) in [5, 5.41) is 9.73. The van der Waals surface area contributed by atoms with E-state index < -0.39 is 6.10 Å². The molecule has 74 valence electrons. The van der Waals surface area contributed by atoms with Gasteiger partial charge in [0.25, 0.3) is 0 Å². The Balaban J connectivity index is 2.74. The molecule has 0 spiro atoms. The van der Waals surface area contributed by atoms with Gasteiger partial charge in [0.05, 0.1) is 6.20 Å². The lowest BCUT2D eigenvalue weighted by atomic mass is 9.84.